The van der Waals surface area contributed by atoms with E-state index in [0.29, 0.717) is 24.7 Å². The summed E-state index contributed by atoms with van der Waals surface area (Å²) in [7, 11) is -4.49. The van der Waals surface area contributed by atoms with E-state index in [4.69, 9.17) is 9.47 Å². The van der Waals surface area contributed by atoms with Gasteiger partial charge in [0.05, 0.1) is 0 Å². The molecule has 0 spiro atoms. The first-order chi connectivity index (χ1) is 15.4. The van der Waals surface area contributed by atoms with Crippen LogP contribution in [0.1, 0.15) is 90.9 Å². The Morgan fingerprint density at radius 3 is 1.28 bits per heavy atom. The predicted molar refractivity (Wildman–Crippen MR) is 146 cm³/mol. The summed E-state index contributed by atoms with van der Waals surface area (Å²) < 4.78 is 11.3. The monoisotopic (exact) mass is 516 g/mol. The molecule has 196 valence electrons. The van der Waals surface area contributed by atoms with Gasteiger partial charge in [-0.05, 0) is 0 Å². The summed E-state index contributed by atoms with van der Waals surface area (Å²) >= 11 is 3.23. The van der Waals surface area contributed by atoms with E-state index in [-0.39, 0.29) is 12.3 Å². The van der Waals surface area contributed by atoms with Gasteiger partial charge in [-0.3, -0.25) is 0 Å². The van der Waals surface area contributed by atoms with Crippen molar-refractivity contribution in [3.8, 4) is 0 Å². The first-order valence-corrected chi connectivity index (χ1v) is 17.7. The van der Waals surface area contributed by atoms with E-state index in [1.165, 1.54) is 64.2 Å². The van der Waals surface area contributed by atoms with Crippen LogP contribution in [0.2, 0.25) is 0 Å². The first kappa shape index (κ1) is 32.9. The molecule has 0 heterocycles. The van der Waals surface area contributed by atoms with Crippen LogP contribution in [0.15, 0.2) is 0 Å². The molecule has 0 saturated heterocycles. The first-order valence-electron chi connectivity index (χ1n) is 13.0. The van der Waals surface area contributed by atoms with Gasteiger partial charge in [-0.15, -0.1) is 0 Å². The summed E-state index contributed by atoms with van der Waals surface area (Å²) in [6.45, 7) is 7.46. The zero-order valence-electron chi connectivity index (χ0n) is 21.0. The van der Waals surface area contributed by atoms with Crippen LogP contribution in [0.25, 0.3) is 0 Å². The van der Waals surface area contributed by atoms with E-state index in [9.17, 15) is 14.7 Å². The zero-order chi connectivity index (χ0) is 23.8. The molecule has 0 bridgehead atoms. The third-order valence-electron chi connectivity index (χ3n) is 5.42. The molecule has 0 rings (SSSR count). The molecule has 5 nitrogen and oxygen atoms in total. The van der Waals surface area contributed by atoms with Gasteiger partial charge in [0.25, 0.3) is 0 Å². The molecular weight excluding hydrogens is 463 g/mol. The number of unbranched alkanes of at least 4 members (excludes halogenated alkanes) is 10. The number of thioether (sulfide) groups is 2. The molecule has 0 aromatic heterocycles. The summed E-state index contributed by atoms with van der Waals surface area (Å²) in [6.07, 6.45) is 15.3. The van der Waals surface area contributed by atoms with E-state index < -0.39 is 7.28 Å². The second-order valence-electron chi connectivity index (χ2n) is 8.77. The second kappa shape index (κ2) is 22.4. The van der Waals surface area contributed by atoms with E-state index >= 15 is 0 Å². The fourth-order valence-electron chi connectivity index (χ4n) is 3.23. The average Bonchev–Trinajstić information content (AvgIpc) is 2.75. The third kappa shape index (κ3) is 25.6. The maximum atomic E-state index is 10.3. The molecule has 8 heteroatoms. The van der Waals surface area contributed by atoms with Crippen molar-refractivity contribution in [1.29, 1.82) is 0 Å². The summed E-state index contributed by atoms with van der Waals surface area (Å²) in [4.78, 5) is 30.8. The Morgan fingerprint density at radius 1 is 0.500 bits per heavy atom. The fourth-order valence-corrected chi connectivity index (χ4v) is 8.36. The van der Waals surface area contributed by atoms with Crippen LogP contribution in [0, 0.1) is 0 Å². The van der Waals surface area contributed by atoms with Gasteiger partial charge in [0, 0.05) is 0 Å². The molecule has 0 radical (unpaired) electrons. The zero-order valence-corrected chi connectivity index (χ0v) is 23.5. The number of hydrogen-bond acceptors (Lipinski definition) is 7. The van der Waals surface area contributed by atoms with Gasteiger partial charge >= 0.3 is 181 Å². The van der Waals surface area contributed by atoms with E-state index in [2.05, 4.69) is 13.8 Å². The van der Waals surface area contributed by atoms with Gasteiger partial charge in [-0.25, -0.2) is 0 Å². The number of ether oxygens (including phenoxy) is 2. The minimum absolute atomic E-state index is 0.0722. The molecular formula is C24H53O5PS2. The SMILES string of the molecule is CCCCCCCCOCCSCCP(O)(O)(O)CCSCCOCCCCCCCC. The number of hydrogen-bond donors (Lipinski definition) is 3. The quantitative estimate of drug-likeness (QED) is 0.0896. The smallest absolute Gasteiger partial charge is 0.0654 e. The minimum atomic E-state index is -4.49. The summed E-state index contributed by atoms with van der Waals surface area (Å²) in [5.41, 5.74) is 0. The Hall–Kier alpha value is 0.930. The van der Waals surface area contributed by atoms with Gasteiger partial charge < -0.3 is 0 Å². The van der Waals surface area contributed by atoms with Crippen molar-refractivity contribution in [2.24, 2.45) is 0 Å². The van der Waals surface area contributed by atoms with Crippen molar-refractivity contribution < 1.29 is 24.2 Å². The molecule has 0 fully saturated rings. The van der Waals surface area contributed by atoms with Gasteiger partial charge in [0.2, 0.25) is 0 Å². The van der Waals surface area contributed by atoms with E-state index in [0.717, 1.165) is 37.6 Å². The van der Waals surface area contributed by atoms with Gasteiger partial charge in [0.1, 0.15) is 0 Å². The Balaban J connectivity index is 3.46. The van der Waals surface area contributed by atoms with Gasteiger partial charge in [-0.1, -0.05) is 26.7 Å². The Labute approximate surface area is 207 Å². The Bertz CT molecular complexity index is 362. The summed E-state index contributed by atoms with van der Waals surface area (Å²) in [6, 6.07) is 0. The maximum absolute atomic E-state index is 10.3. The predicted octanol–water partition coefficient (Wildman–Crippen LogP) is 6.48. The van der Waals surface area contributed by atoms with Crippen molar-refractivity contribution >= 4 is 30.8 Å². The molecule has 0 aromatic carbocycles. The number of rotatable bonds is 26. The molecule has 0 saturated carbocycles. The Kier molecular flexibility index (Phi) is 23.0. The fraction of sp³-hybridized carbons (Fsp3) is 1.00. The van der Waals surface area contributed by atoms with Gasteiger partial charge in [0.15, 0.2) is 0 Å². The molecule has 0 aliphatic rings. The van der Waals surface area contributed by atoms with Crippen molar-refractivity contribution in [3.05, 3.63) is 0 Å². The van der Waals surface area contributed by atoms with Crippen LogP contribution < -0.4 is 0 Å². The van der Waals surface area contributed by atoms with Crippen molar-refractivity contribution in [1.82, 2.24) is 0 Å². The van der Waals surface area contributed by atoms with E-state index in [1.54, 1.807) is 23.5 Å². The van der Waals surface area contributed by atoms with Crippen molar-refractivity contribution in [2.75, 3.05) is 61.8 Å². The van der Waals surface area contributed by atoms with Crippen LogP contribution in [-0.4, -0.2) is 76.4 Å². The molecule has 3 N–H and O–H groups in total. The standard InChI is InChI=1S/C24H53O5PS2/c1-3-5-7-9-11-13-15-28-17-21-31-23-19-30(25,26,27)20-24-32-22-18-29-16-14-12-10-8-6-4-2/h25-27H,3-24H2,1-2H3. The van der Waals surface area contributed by atoms with Crippen LogP contribution in [0.5, 0.6) is 0 Å². The molecule has 0 aliphatic carbocycles. The summed E-state index contributed by atoms with van der Waals surface area (Å²) in [5.74, 6) is 2.75. The summed E-state index contributed by atoms with van der Waals surface area (Å²) in [5, 5.41) is 0. The van der Waals surface area contributed by atoms with Gasteiger partial charge in [-0.2, -0.15) is 0 Å². The van der Waals surface area contributed by atoms with Crippen molar-refractivity contribution in [3.63, 3.8) is 0 Å². The average molecular weight is 517 g/mol. The van der Waals surface area contributed by atoms with Crippen LogP contribution >= 0.6 is 30.8 Å². The minimum Gasteiger partial charge on any atom is -0.0654 e. The van der Waals surface area contributed by atoms with Crippen molar-refractivity contribution in [2.45, 2.75) is 90.9 Å². The van der Waals surface area contributed by atoms with E-state index in [1.807, 2.05) is 0 Å². The molecule has 0 amide bonds. The molecule has 0 aliphatic heterocycles. The molecule has 32 heavy (non-hydrogen) atoms. The van der Waals surface area contributed by atoms with Crippen LogP contribution in [0.4, 0.5) is 0 Å². The van der Waals surface area contributed by atoms with Crippen LogP contribution in [-0.2, 0) is 9.47 Å². The Morgan fingerprint density at radius 2 is 0.875 bits per heavy atom. The third-order valence-corrected chi connectivity index (χ3v) is 10.2. The molecule has 0 aromatic rings. The second-order valence-corrected chi connectivity index (χ2v) is 14.8. The van der Waals surface area contributed by atoms with Crippen LogP contribution in [0.3, 0.4) is 0 Å². The normalized spacial score (nSPS) is 13.3. The topological polar surface area (TPSA) is 79.2 Å². The molecule has 0 atom stereocenters. The molecule has 0 unspecified atom stereocenters.